The van der Waals surface area contributed by atoms with Crippen LogP contribution < -0.4 is 5.32 Å². The Kier molecular flexibility index (Phi) is 3.46. The molecule has 2 rings (SSSR count). The van der Waals surface area contributed by atoms with E-state index >= 15 is 0 Å². The summed E-state index contributed by atoms with van der Waals surface area (Å²) in [5.74, 6) is 0.293. The van der Waals surface area contributed by atoms with Crippen molar-refractivity contribution in [3.8, 4) is 5.75 Å². The highest BCUT2D eigenvalue weighted by atomic mass is 16.3. The van der Waals surface area contributed by atoms with E-state index in [4.69, 9.17) is 0 Å². The van der Waals surface area contributed by atoms with Crippen LogP contribution in [0.1, 0.15) is 11.3 Å². The van der Waals surface area contributed by atoms with Gasteiger partial charge in [-0.05, 0) is 23.8 Å². The standard InChI is InChI=1S/C12H13N3O/c16-12-3-1-2-10(6-12)7-14-8-11-4-5-13-9-15-11/h1-6,9,14,16H,7-8H2. The van der Waals surface area contributed by atoms with Crippen molar-refractivity contribution in [1.82, 2.24) is 15.3 Å². The first kappa shape index (κ1) is 10.6. The molecule has 2 N–H and O–H groups in total. The van der Waals surface area contributed by atoms with Gasteiger partial charge in [-0.1, -0.05) is 12.1 Å². The molecule has 16 heavy (non-hydrogen) atoms. The zero-order valence-corrected chi connectivity index (χ0v) is 8.80. The Morgan fingerprint density at radius 1 is 1.19 bits per heavy atom. The molecule has 0 radical (unpaired) electrons. The highest BCUT2D eigenvalue weighted by molar-refractivity contribution is 5.26. The maximum absolute atomic E-state index is 9.28. The van der Waals surface area contributed by atoms with Crippen LogP contribution in [0.5, 0.6) is 5.75 Å². The normalized spacial score (nSPS) is 10.2. The van der Waals surface area contributed by atoms with Crippen LogP contribution in [0.4, 0.5) is 0 Å². The van der Waals surface area contributed by atoms with E-state index in [1.54, 1.807) is 18.3 Å². The Bertz CT molecular complexity index is 445. The van der Waals surface area contributed by atoms with E-state index in [9.17, 15) is 5.11 Å². The summed E-state index contributed by atoms with van der Waals surface area (Å²) in [6.45, 7) is 1.40. The predicted octanol–water partition coefficient (Wildman–Crippen LogP) is 1.47. The maximum atomic E-state index is 9.28. The van der Waals surface area contributed by atoms with E-state index in [1.165, 1.54) is 6.33 Å². The molecule has 4 nitrogen and oxygen atoms in total. The van der Waals surface area contributed by atoms with Crippen molar-refractivity contribution in [3.63, 3.8) is 0 Å². The SMILES string of the molecule is Oc1cccc(CNCc2ccncn2)c1. The first-order valence-electron chi connectivity index (χ1n) is 5.08. The number of hydrogen-bond donors (Lipinski definition) is 2. The molecular weight excluding hydrogens is 202 g/mol. The quantitative estimate of drug-likeness (QED) is 0.811. The molecule has 0 aliphatic heterocycles. The predicted molar refractivity (Wildman–Crippen MR) is 60.7 cm³/mol. The number of nitrogens with zero attached hydrogens (tertiary/aromatic N) is 2. The van der Waals surface area contributed by atoms with Crippen molar-refractivity contribution in [2.24, 2.45) is 0 Å². The summed E-state index contributed by atoms with van der Waals surface area (Å²) >= 11 is 0. The largest absolute Gasteiger partial charge is 0.508 e. The molecule has 0 amide bonds. The number of hydrogen-bond acceptors (Lipinski definition) is 4. The van der Waals surface area contributed by atoms with Crippen molar-refractivity contribution < 1.29 is 5.11 Å². The van der Waals surface area contributed by atoms with Gasteiger partial charge in [0.2, 0.25) is 0 Å². The lowest BCUT2D eigenvalue weighted by atomic mass is 10.2. The number of aromatic hydroxyl groups is 1. The van der Waals surface area contributed by atoms with Crippen LogP contribution in [0, 0.1) is 0 Å². The second-order valence-electron chi connectivity index (χ2n) is 3.47. The van der Waals surface area contributed by atoms with Gasteiger partial charge in [-0.2, -0.15) is 0 Å². The van der Waals surface area contributed by atoms with Gasteiger partial charge in [-0.25, -0.2) is 9.97 Å². The van der Waals surface area contributed by atoms with Gasteiger partial charge >= 0.3 is 0 Å². The first-order valence-corrected chi connectivity index (χ1v) is 5.08. The Balaban J connectivity index is 1.85. The molecule has 0 aliphatic carbocycles. The average molecular weight is 215 g/mol. The molecule has 0 saturated heterocycles. The minimum absolute atomic E-state index is 0.293. The van der Waals surface area contributed by atoms with Crippen LogP contribution in [0.3, 0.4) is 0 Å². The maximum Gasteiger partial charge on any atom is 0.115 e. The molecule has 2 aromatic rings. The molecule has 0 saturated carbocycles. The van der Waals surface area contributed by atoms with Crippen LogP contribution in [0.2, 0.25) is 0 Å². The summed E-state index contributed by atoms with van der Waals surface area (Å²) in [5, 5.41) is 12.5. The van der Waals surface area contributed by atoms with Gasteiger partial charge in [0.25, 0.3) is 0 Å². The fourth-order valence-corrected chi connectivity index (χ4v) is 1.42. The smallest absolute Gasteiger partial charge is 0.115 e. The van der Waals surface area contributed by atoms with Gasteiger partial charge < -0.3 is 10.4 Å². The summed E-state index contributed by atoms with van der Waals surface area (Å²) in [6, 6.07) is 9.07. The highest BCUT2D eigenvalue weighted by Crippen LogP contribution is 2.10. The van der Waals surface area contributed by atoms with E-state index in [1.807, 2.05) is 18.2 Å². The second kappa shape index (κ2) is 5.23. The summed E-state index contributed by atoms with van der Waals surface area (Å²) in [5.41, 5.74) is 2.00. The molecule has 4 heteroatoms. The Morgan fingerprint density at radius 2 is 2.12 bits per heavy atom. The number of rotatable bonds is 4. The third-order valence-electron chi connectivity index (χ3n) is 2.19. The molecule has 0 bridgehead atoms. The van der Waals surface area contributed by atoms with Crippen LogP contribution in [-0.2, 0) is 13.1 Å². The number of phenols is 1. The third-order valence-corrected chi connectivity index (χ3v) is 2.19. The van der Waals surface area contributed by atoms with Crippen molar-refractivity contribution in [3.05, 3.63) is 54.1 Å². The molecule has 0 unspecified atom stereocenters. The lowest BCUT2D eigenvalue weighted by molar-refractivity contribution is 0.474. The van der Waals surface area contributed by atoms with Gasteiger partial charge in [0.15, 0.2) is 0 Å². The lowest BCUT2D eigenvalue weighted by Gasteiger charge is -2.04. The van der Waals surface area contributed by atoms with Crippen molar-refractivity contribution >= 4 is 0 Å². The first-order chi connectivity index (χ1) is 7.84. The Hall–Kier alpha value is -1.94. The molecule has 82 valence electrons. The zero-order chi connectivity index (χ0) is 11.2. The van der Waals surface area contributed by atoms with E-state index in [0.29, 0.717) is 18.8 Å². The van der Waals surface area contributed by atoms with Gasteiger partial charge in [-0.3, -0.25) is 0 Å². The molecule has 0 atom stereocenters. The van der Waals surface area contributed by atoms with Crippen molar-refractivity contribution in [1.29, 1.82) is 0 Å². The molecule has 0 fully saturated rings. The number of phenolic OH excluding ortho intramolecular Hbond substituents is 1. The average Bonchev–Trinajstić information content (AvgIpc) is 2.30. The molecule has 1 aromatic carbocycles. The molecule has 0 aliphatic rings. The Morgan fingerprint density at radius 3 is 2.88 bits per heavy atom. The van der Waals surface area contributed by atoms with E-state index in [-0.39, 0.29) is 0 Å². The van der Waals surface area contributed by atoms with E-state index < -0.39 is 0 Å². The monoisotopic (exact) mass is 215 g/mol. The van der Waals surface area contributed by atoms with Crippen LogP contribution >= 0.6 is 0 Å². The summed E-state index contributed by atoms with van der Waals surface area (Å²) in [6.07, 6.45) is 3.25. The Labute approximate surface area is 94.0 Å². The van der Waals surface area contributed by atoms with Crippen LogP contribution in [0.25, 0.3) is 0 Å². The van der Waals surface area contributed by atoms with Crippen LogP contribution in [0.15, 0.2) is 42.9 Å². The highest BCUT2D eigenvalue weighted by Gasteiger charge is 1.95. The van der Waals surface area contributed by atoms with Gasteiger partial charge in [0, 0.05) is 19.3 Å². The summed E-state index contributed by atoms with van der Waals surface area (Å²) < 4.78 is 0. The van der Waals surface area contributed by atoms with Crippen LogP contribution in [-0.4, -0.2) is 15.1 Å². The zero-order valence-electron chi connectivity index (χ0n) is 8.80. The minimum atomic E-state index is 0.293. The number of benzene rings is 1. The molecular formula is C12H13N3O. The van der Waals surface area contributed by atoms with Gasteiger partial charge in [0.05, 0.1) is 5.69 Å². The number of aromatic nitrogens is 2. The third kappa shape index (κ3) is 3.03. The van der Waals surface area contributed by atoms with Gasteiger partial charge in [-0.15, -0.1) is 0 Å². The lowest BCUT2D eigenvalue weighted by Crippen LogP contribution is -2.13. The second-order valence-corrected chi connectivity index (χ2v) is 3.47. The van der Waals surface area contributed by atoms with E-state index in [2.05, 4.69) is 15.3 Å². The number of nitrogens with one attached hydrogen (secondary N) is 1. The topological polar surface area (TPSA) is 58.0 Å². The molecule has 0 spiro atoms. The summed E-state index contributed by atoms with van der Waals surface area (Å²) in [7, 11) is 0. The van der Waals surface area contributed by atoms with E-state index in [0.717, 1.165) is 11.3 Å². The minimum Gasteiger partial charge on any atom is -0.508 e. The van der Waals surface area contributed by atoms with Crippen molar-refractivity contribution in [2.75, 3.05) is 0 Å². The fourth-order valence-electron chi connectivity index (χ4n) is 1.42. The molecule has 1 aromatic heterocycles. The summed E-state index contributed by atoms with van der Waals surface area (Å²) in [4.78, 5) is 7.96. The van der Waals surface area contributed by atoms with Gasteiger partial charge in [0.1, 0.15) is 12.1 Å². The molecule has 1 heterocycles. The van der Waals surface area contributed by atoms with Crippen molar-refractivity contribution in [2.45, 2.75) is 13.1 Å². The fraction of sp³-hybridized carbons (Fsp3) is 0.167.